The number of phenolic OH excluding ortho intramolecular Hbond substituents is 1. The molecule has 3 aromatic rings. The standard InChI is InChI=1S/C29H34O6/c1-4-5-6-7-18-35-29(33,34)26-17-10-21(27(31)32)19-25(26)20-8-11-22(12-9-20)28(2,3)23-13-15-24(30)16-14-23/h8-17,19,30,33-34H,4-7,18H2,1-3H3,(H,31,32). The molecule has 0 aliphatic heterocycles. The highest BCUT2D eigenvalue weighted by molar-refractivity contribution is 5.90. The monoisotopic (exact) mass is 478 g/mol. The first-order valence-electron chi connectivity index (χ1n) is 11.9. The molecule has 6 heteroatoms. The molecule has 0 saturated carbocycles. The van der Waals surface area contributed by atoms with E-state index in [2.05, 4.69) is 20.8 Å². The van der Waals surface area contributed by atoms with Crippen LogP contribution in [0.15, 0.2) is 66.7 Å². The van der Waals surface area contributed by atoms with Gasteiger partial charge in [-0.3, -0.25) is 0 Å². The van der Waals surface area contributed by atoms with Crippen LogP contribution in [0, 0.1) is 0 Å². The minimum atomic E-state index is -2.55. The van der Waals surface area contributed by atoms with Gasteiger partial charge in [0.2, 0.25) is 0 Å². The molecule has 0 fully saturated rings. The molecular formula is C29H34O6. The minimum absolute atomic E-state index is 0.0380. The number of carboxylic acids is 1. The number of phenols is 1. The van der Waals surface area contributed by atoms with Crippen molar-refractivity contribution in [3.63, 3.8) is 0 Å². The fourth-order valence-electron chi connectivity index (χ4n) is 4.13. The van der Waals surface area contributed by atoms with Crippen LogP contribution < -0.4 is 0 Å². The Morgan fingerprint density at radius 3 is 2.03 bits per heavy atom. The Kier molecular flexibility index (Phi) is 8.33. The number of aromatic hydroxyl groups is 1. The average molecular weight is 479 g/mol. The average Bonchev–Trinajstić information content (AvgIpc) is 2.84. The van der Waals surface area contributed by atoms with Gasteiger partial charge >= 0.3 is 11.9 Å². The molecule has 0 aromatic heterocycles. The normalized spacial score (nSPS) is 12.0. The van der Waals surface area contributed by atoms with Gasteiger partial charge in [-0.1, -0.05) is 76.4 Å². The molecule has 0 radical (unpaired) electrons. The topological polar surface area (TPSA) is 107 Å². The van der Waals surface area contributed by atoms with Crippen molar-refractivity contribution in [3.05, 3.63) is 89.0 Å². The minimum Gasteiger partial charge on any atom is -0.508 e. The maximum atomic E-state index is 11.6. The van der Waals surface area contributed by atoms with Crippen molar-refractivity contribution in [2.45, 2.75) is 57.8 Å². The van der Waals surface area contributed by atoms with Crippen LogP contribution >= 0.6 is 0 Å². The second-order valence-electron chi connectivity index (χ2n) is 9.33. The number of unbranched alkanes of at least 4 members (excludes halogenated alkanes) is 3. The molecule has 3 aromatic carbocycles. The largest absolute Gasteiger partial charge is 0.508 e. The van der Waals surface area contributed by atoms with Gasteiger partial charge in [-0.05, 0) is 59.0 Å². The van der Waals surface area contributed by atoms with Gasteiger partial charge in [0.25, 0.3) is 0 Å². The van der Waals surface area contributed by atoms with E-state index in [-0.39, 0.29) is 28.9 Å². The first-order chi connectivity index (χ1) is 16.6. The number of aliphatic hydroxyl groups is 2. The van der Waals surface area contributed by atoms with Crippen molar-refractivity contribution < 1.29 is 30.0 Å². The van der Waals surface area contributed by atoms with Crippen LogP contribution in [0.1, 0.15) is 73.5 Å². The van der Waals surface area contributed by atoms with Crippen LogP contribution in [0.25, 0.3) is 11.1 Å². The third-order valence-electron chi connectivity index (χ3n) is 6.43. The highest BCUT2D eigenvalue weighted by Crippen LogP contribution is 2.36. The molecule has 3 rings (SSSR count). The molecule has 0 amide bonds. The Balaban J connectivity index is 1.94. The molecule has 0 aliphatic carbocycles. The van der Waals surface area contributed by atoms with Crippen LogP contribution in [0.2, 0.25) is 0 Å². The van der Waals surface area contributed by atoms with E-state index in [9.17, 15) is 25.2 Å². The summed E-state index contributed by atoms with van der Waals surface area (Å²) in [6.07, 6.45) is 3.72. The SMILES string of the molecule is CCCCCCOC(O)(O)c1ccc(C(=O)O)cc1-c1ccc(C(C)(C)c2ccc(O)cc2)cc1. The van der Waals surface area contributed by atoms with Crippen LogP contribution in [0.4, 0.5) is 0 Å². The molecule has 0 bridgehead atoms. The summed E-state index contributed by atoms with van der Waals surface area (Å²) in [5.74, 6) is -3.46. The molecule has 186 valence electrons. The lowest BCUT2D eigenvalue weighted by Crippen LogP contribution is -2.30. The Hall–Kier alpha value is -3.19. The second kappa shape index (κ2) is 11.0. The second-order valence-corrected chi connectivity index (χ2v) is 9.33. The van der Waals surface area contributed by atoms with Crippen molar-refractivity contribution in [1.82, 2.24) is 0 Å². The molecule has 0 heterocycles. The summed E-state index contributed by atoms with van der Waals surface area (Å²) < 4.78 is 5.41. The number of hydrogen-bond donors (Lipinski definition) is 4. The number of benzene rings is 3. The number of carboxylic acid groups (broad SMARTS) is 1. The Bertz CT molecular complexity index is 1130. The molecule has 0 saturated heterocycles. The summed E-state index contributed by atoms with van der Waals surface area (Å²) in [5.41, 5.74) is 2.82. The summed E-state index contributed by atoms with van der Waals surface area (Å²) in [6.45, 7) is 6.41. The van der Waals surface area contributed by atoms with Gasteiger partial charge in [0.15, 0.2) is 0 Å². The lowest BCUT2D eigenvalue weighted by atomic mass is 9.77. The zero-order valence-corrected chi connectivity index (χ0v) is 20.5. The quantitative estimate of drug-likeness (QED) is 0.206. The van der Waals surface area contributed by atoms with E-state index in [1.807, 2.05) is 36.4 Å². The summed E-state index contributed by atoms with van der Waals surface area (Å²) in [5, 5.41) is 40.6. The van der Waals surface area contributed by atoms with E-state index in [1.165, 1.54) is 18.2 Å². The molecule has 0 spiro atoms. The predicted octanol–water partition coefficient (Wildman–Crippen LogP) is 5.78. The molecule has 6 nitrogen and oxygen atoms in total. The lowest BCUT2D eigenvalue weighted by Gasteiger charge is -2.27. The molecule has 0 unspecified atom stereocenters. The van der Waals surface area contributed by atoms with Gasteiger partial charge in [0.1, 0.15) is 5.75 Å². The van der Waals surface area contributed by atoms with Crippen LogP contribution in [-0.2, 0) is 16.1 Å². The molecular weight excluding hydrogens is 444 g/mol. The van der Waals surface area contributed by atoms with E-state index < -0.39 is 11.9 Å². The number of rotatable bonds is 11. The fourth-order valence-corrected chi connectivity index (χ4v) is 4.13. The zero-order valence-electron chi connectivity index (χ0n) is 20.5. The molecule has 35 heavy (non-hydrogen) atoms. The highest BCUT2D eigenvalue weighted by Gasteiger charge is 2.31. The number of hydrogen-bond acceptors (Lipinski definition) is 5. The van der Waals surface area contributed by atoms with Crippen molar-refractivity contribution in [2.75, 3.05) is 6.61 Å². The third kappa shape index (κ3) is 6.28. The molecule has 0 atom stereocenters. The van der Waals surface area contributed by atoms with E-state index in [0.29, 0.717) is 17.5 Å². The van der Waals surface area contributed by atoms with Gasteiger partial charge in [0.05, 0.1) is 12.2 Å². The van der Waals surface area contributed by atoms with Crippen LogP contribution in [0.3, 0.4) is 0 Å². The maximum Gasteiger partial charge on any atom is 0.335 e. The lowest BCUT2D eigenvalue weighted by molar-refractivity contribution is -0.350. The highest BCUT2D eigenvalue weighted by atomic mass is 16.8. The predicted molar refractivity (Wildman–Crippen MR) is 135 cm³/mol. The van der Waals surface area contributed by atoms with Crippen molar-refractivity contribution in [1.29, 1.82) is 0 Å². The number of ether oxygens (including phenoxy) is 1. The smallest absolute Gasteiger partial charge is 0.335 e. The van der Waals surface area contributed by atoms with Gasteiger partial charge in [-0.25, -0.2) is 4.79 Å². The van der Waals surface area contributed by atoms with E-state index in [1.54, 1.807) is 12.1 Å². The summed E-state index contributed by atoms with van der Waals surface area (Å²) >= 11 is 0. The van der Waals surface area contributed by atoms with Crippen molar-refractivity contribution >= 4 is 5.97 Å². The fraction of sp³-hybridized carbons (Fsp3) is 0.345. The van der Waals surface area contributed by atoms with E-state index >= 15 is 0 Å². The zero-order chi connectivity index (χ0) is 25.6. The molecule has 4 N–H and O–H groups in total. The van der Waals surface area contributed by atoms with E-state index in [0.717, 1.165) is 30.4 Å². The van der Waals surface area contributed by atoms with Crippen LogP contribution in [0.5, 0.6) is 5.75 Å². The summed E-state index contributed by atoms with van der Waals surface area (Å²) in [4.78, 5) is 11.6. The summed E-state index contributed by atoms with van der Waals surface area (Å²) in [7, 11) is 0. The van der Waals surface area contributed by atoms with Crippen LogP contribution in [-0.4, -0.2) is 33.0 Å². The number of aromatic carboxylic acids is 1. The summed E-state index contributed by atoms with van der Waals surface area (Å²) in [6, 6.07) is 18.7. The Morgan fingerprint density at radius 1 is 0.857 bits per heavy atom. The Morgan fingerprint density at radius 2 is 1.46 bits per heavy atom. The van der Waals surface area contributed by atoms with Crippen molar-refractivity contribution in [3.8, 4) is 16.9 Å². The van der Waals surface area contributed by atoms with Gasteiger partial charge in [0, 0.05) is 11.0 Å². The van der Waals surface area contributed by atoms with Gasteiger partial charge in [-0.2, -0.15) is 0 Å². The van der Waals surface area contributed by atoms with Crippen molar-refractivity contribution in [2.24, 2.45) is 0 Å². The van der Waals surface area contributed by atoms with Gasteiger partial charge in [-0.15, -0.1) is 0 Å². The van der Waals surface area contributed by atoms with E-state index in [4.69, 9.17) is 4.74 Å². The first-order valence-corrected chi connectivity index (χ1v) is 11.9. The number of carbonyl (C=O) groups is 1. The first kappa shape index (κ1) is 26.4. The Labute approximate surface area is 206 Å². The third-order valence-corrected chi connectivity index (χ3v) is 6.43. The maximum absolute atomic E-state index is 11.6. The molecule has 0 aliphatic rings. The van der Waals surface area contributed by atoms with Gasteiger partial charge < -0.3 is 25.2 Å².